The van der Waals surface area contributed by atoms with Crippen molar-refractivity contribution in [1.29, 1.82) is 0 Å². The van der Waals surface area contributed by atoms with E-state index in [4.69, 9.17) is 0 Å². The van der Waals surface area contributed by atoms with Crippen LogP contribution in [0.4, 0.5) is 11.4 Å². The minimum atomic E-state index is -1.83. The Kier molecular flexibility index (Phi) is 4.62. The maximum absolute atomic E-state index is 10.5. The summed E-state index contributed by atoms with van der Waals surface area (Å²) in [5.41, 5.74) is -2.09. The van der Waals surface area contributed by atoms with Gasteiger partial charge in [0.25, 0.3) is 11.4 Å². The minimum Gasteiger partial charge on any atom is -0.545 e. The Balaban J connectivity index is 0.00000225. The van der Waals surface area contributed by atoms with Crippen molar-refractivity contribution in [3.8, 4) is 0 Å². The second kappa shape index (κ2) is 5.25. The molecule has 0 aliphatic carbocycles. The van der Waals surface area contributed by atoms with Gasteiger partial charge in [0.05, 0.1) is 21.4 Å². The van der Waals surface area contributed by atoms with Crippen LogP contribution >= 0.6 is 0 Å². The molecule has 0 unspecified atom stereocenters. The predicted octanol–water partition coefficient (Wildman–Crippen LogP) is -3.13. The van der Waals surface area contributed by atoms with Crippen molar-refractivity contribution in [2.24, 2.45) is 0 Å². The van der Waals surface area contributed by atoms with E-state index in [0.717, 1.165) is 12.1 Å². The zero-order valence-electron chi connectivity index (χ0n) is 8.08. The number of rotatable bonds is 3. The number of non-ortho nitro benzene ring substituents is 1. The Hall–Kier alpha value is -1.91. The van der Waals surface area contributed by atoms with Gasteiger partial charge in [0.2, 0.25) is 0 Å². The molecule has 1 aromatic rings. The molecule has 78 valence electrons. The summed E-state index contributed by atoms with van der Waals surface area (Å²) in [6.45, 7) is 0. The molecule has 9 heteroatoms. The third-order valence-electron chi connectivity index (χ3n) is 1.61. The van der Waals surface area contributed by atoms with Gasteiger partial charge in [0.1, 0.15) is 0 Å². The number of nitro benzene ring substituents is 2. The van der Waals surface area contributed by atoms with Crippen LogP contribution in [0.15, 0.2) is 18.2 Å². The summed E-state index contributed by atoms with van der Waals surface area (Å²) in [4.78, 5) is 29.3. The van der Waals surface area contributed by atoms with Crippen LogP contribution in [0.5, 0.6) is 0 Å². The van der Waals surface area contributed by atoms with E-state index in [0.29, 0.717) is 6.07 Å². The second-order valence-electron chi connectivity index (χ2n) is 2.50. The van der Waals surface area contributed by atoms with Crippen molar-refractivity contribution in [2.45, 2.75) is 0 Å². The SMILES string of the molecule is O=C([O-])c1cc([N+](=O)[O-])ccc1[N+](=O)[O-].[Li+]. The summed E-state index contributed by atoms with van der Waals surface area (Å²) in [6.07, 6.45) is 0. The summed E-state index contributed by atoms with van der Waals surface area (Å²) in [7, 11) is 0. The van der Waals surface area contributed by atoms with Crippen molar-refractivity contribution in [3.05, 3.63) is 44.0 Å². The van der Waals surface area contributed by atoms with E-state index in [1.165, 1.54) is 0 Å². The predicted molar refractivity (Wildman–Crippen MR) is 44.1 cm³/mol. The first-order valence-corrected chi connectivity index (χ1v) is 3.57. The molecular formula is C7H3LiN2O6. The molecule has 0 aromatic heterocycles. The van der Waals surface area contributed by atoms with Crippen molar-refractivity contribution in [1.82, 2.24) is 0 Å². The third-order valence-corrected chi connectivity index (χ3v) is 1.61. The van der Waals surface area contributed by atoms with Gasteiger partial charge in [-0.25, -0.2) is 0 Å². The number of aromatic carboxylic acids is 1. The fourth-order valence-corrected chi connectivity index (χ4v) is 0.960. The van der Waals surface area contributed by atoms with Gasteiger partial charge >= 0.3 is 18.9 Å². The number of carbonyl (C=O) groups excluding carboxylic acids is 1. The van der Waals surface area contributed by atoms with Crippen LogP contribution in [-0.2, 0) is 0 Å². The first-order chi connectivity index (χ1) is 6.93. The van der Waals surface area contributed by atoms with E-state index < -0.39 is 32.8 Å². The van der Waals surface area contributed by atoms with Crippen LogP contribution in [0.25, 0.3) is 0 Å². The zero-order chi connectivity index (χ0) is 11.6. The van der Waals surface area contributed by atoms with Crippen LogP contribution in [0.2, 0.25) is 0 Å². The molecule has 0 amide bonds. The summed E-state index contributed by atoms with van der Waals surface area (Å²) in [5, 5.41) is 31.1. The van der Waals surface area contributed by atoms with Crippen LogP contribution in [0.3, 0.4) is 0 Å². The second-order valence-corrected chi connectivity index (χ2v) is 2.50. The summed E-state index contributed by atoms with van der Waals surface area (Å²) in [6, 6.07) is 2.20. The maximum Gasteiger partial charge on any atom is 1.00 e. The van der Waals surface area contributed by atoms with E-state index in [1.54, 1.807) is 0 Å². The molecule has 0 aliphatic heterocycles. The van der Waals surface area contributed by atoms with Gasteiger partial charge in [-0.05, 0) is 0 Å². The molecule has 0 spiro atoms. The molecule has 0 saturated carbocycles. The molecule has 0 aliphatic rings. The average Bonchev–Trinajstić information content (AvgIpc) is 2.16. The molecule has 0 atom stereocenters. The Labute approximate surface area is 100 Å². The van der Waals surface area contributed by atoms with Crippen molar-refractivity contribution in [3.63, 3.8) is 0 Å². The van der Waals surface area contributed by atoms with Gasteiger partial charge in [-0.1, -0.05) is 0 Å². The van der Waals surface area contributed by atoms with E-state index in [-0.39, 0.29) is 18.9 Å². The Morgan fingerprint density at radius 1 is 1.12 bits per heavy atom. The first kappa shape index (κ1) is 14.1. The van der Waals surface area contributed by atoms with E-state index in [1.807, 2.05) is 0 Å². The summed E-state index contributed by atoms with van der Waals surface area (Å²) >= 11 is 0. The standard InChI is InChI=1S/C7H4N2O6.Li/c10-7(11)5-3-4(8(12)13)1-2-6(5)9(14)15;/h1-3H,(H,10,11);/q;+1/p-1. The molecule has 16 heavy (non-hydrogen) atoms. The number of hydrogen-bond donors (Lipinski definition) is 0. The monoisotopic (exact) mass is 218 g/mol. The normalized spacial score (nSPS) is 9.00. The zero-order valence-corrected chi connectivity index (χ0v) is 8.08. The summed E-state index contributed by atoms with van der Waals surface area (Å²) in [5.74, 6) is -1.83. The molecule has 8 nitrogen and oxygen atoms in total. The minimum absolute atomic E-state index is 0. The van der Waals surface area contributed by atoms with Gasteiger partial charge in [-0.15, -0.1) is 0 Å². The molecule has 0 radical (unpaired) electrons. The molecular weight excluding hydrogens is 215 g/mol. The molecule has 1 rings (SSSR count). The van der Waals surface area contributed by atoms with Gasteiger partial charge in [-0.2, -0.15) is 0 Å². The first-order valence-electron chi connectivity index (χ1n) is 3.57. The van der Waals surface area contributed by atoms with Gasteiger partial charge in [-0.3, -0.25) is 20.2 Å². The van der Waals surface area contributed by atoms with Crippen LogP contribution in [0.1, 0.15) is 10.4 Å². The van der Waals surface area contributed by atoms with Crippen molar-refractivity contribution in [2.75, 3.05) is 0 Å². The van der Waals surface area contributed by atoms with Gasteiger partial charge < -0.3 is 9.90 Å². The molecule has 0 N–H and O–H groups in total. The molecule has 0 saturated heterocycles. The Morgan fingerprint density at radius 2 is 1.69 bits per heavy atom. The van der Waals surface area contributed by atoms with Gasteiger partial charge in [0.15, 0.2) is 0 Å². The van der Waals surface area contributed by atoms with E-state index >= 15 is 0 Å². The Bertz CT molecular complexity index is 460. The molecule has 1 aromatic carbocycles. The smallest absolute Gasteiger partial charge is 0.545 e. The summed E-state index contributed by atoms with van der Waals surface area (Å²) < 4.78 is 0. The number of carboxylic acids is 1. The number of hydrogen-bond acceptors (Lipinski definition) is 6. The average molecular weight is 218 g/mol. The number of carbonyl (C=O) groups is 1. The van der Waals surface area contributed by atoms with Gasteiger partial charge in [0, 0.05) is 18.2 Å². The van der Waals surface area contributed by atoms with Crippen molar-refractivity contribution >= 4 is 17.3 Å². The number of nitrogens with zero attached hydrogens (tertiary/aromatic N) is 2. The van der Waals surface area contributed by atoms with Crippen LogP contribution in [-0.4, -0.2) is 15.8 Å². The fourth-order valence-electron chi connectivity index (χ4n) is 0.960. The van der Waals surface area contributed by atoms with Crippen LogP contribution in [0, 0.1) is 20.2 Å². The number of benzene rings is 1. The van der Waals surface area contributed by atoms with E-state index in [9.17, 15) is 30.1 Å². The number of nitro groups is 2. The van der Waals surface area contributed by atoms with Crippen molar-refractivity contribution < 1.29 is 38.6 Å². The topological polar surface area (TPSA) is 126 Å². The Morgan fingerprint density at radius 3 is 2.06 bits per heavy atom. The fraction of sp³-hybridized carbons (Fsp3) is 0. The molecule has 0 bridgehead atoms. The quantitative estimate of drug-likeness (QED) is 0.300. The largest absolute Gasteiger partial charge is 1.00 e. The maximum atomic E-state index is 10.5. The third kappa shape index (κ3) is 2.79. The molecule has 0 heterocycles. The van der Waals surface area contributed by atoms with E-state index in [2.05, 4.69) is 0 Å². The number of carboxylic acid groups (broad SMARTS) is 1. The molecule has 0 fully saturated rings. The van der Waals surface area contributed by atoms with Crippen LogP contribution < -0.4 is 24.0 Å².